The number of anilines is 1. The maximum absolute atomic E-state index is 13.1. The van der Waals surface area contributed by atoms with E-state index in [1.54, 1.807) is 18.2 Å². The van der Waals surface area contributed by atoms with Crippen molar-refractivity contribution in [2.24, 2.45) is 0 Å². The lowest BCUT2D eigenvalue weighted by atomic mass is 10.1. The quantitative estimate of drug-likeness (QED) is 0.233. The van der Waals surface area contributed by atoms with E-state index in [1.165, 1.54) is 12.1 Å². The molecule has 1 atom stereocenters. The molecule has 1 aliphatic heterocycles. The van der Waals surface area contributed by atoms with E-state index in [4.69, 9.17) is 11.6 Å². The Hall–Kier alpha value is -3.43. The Bertz CT molecular complexity index is 1460. The second kappa shape index (κ2) is 8.98. The number of amides is 2. The Kier molecular flexibility index (Phi) is 5.98. The Morgan fingerprint density at radius 2 is 1.71 bits per heavy atom. The fourth-order valence-electron chi connectivity index (χ4n) is 3.86. The van der Waals surface area contributed by atoms with Crippen LogP contribution in [0, 0.1) is 0 Å². The summed E-state index contributed by atoms with van der Waals surface area (Å²) in [5.74, 6) is -1.19. The topological polar surface area (TPSA) is 63.2 Å². The number of nitrogens with zero attached hydrogens (tertiary/aromatic N) is 3. The zero-order valence-electron chi connectivity index (χ0n) is 17.8. The van der Waals surface area contributed by atoms with E-state index in [-0.39, 0.29) is 17.3 Å². The highest BCUT2D eigenvalue weighted by Gasteiger charge is 2.41. The van der Waals surface area contributed by atoms with Crippen LogP contribution in [0.4, 0.5) is 18.9 Å². The first-order chi connectivity index (χ1) is 16.7. The highest BCUT2D eigenvalue weighted by molar-refractivity contribution is 8.00. The number of thioether (sulfide) groups is 1. The van der Waals surface area contributed by atoms with Crippen LogP contribution in [-0.4, -0.2) is 27.0 Å². The summed E-state index contributed by atoms with van der Waals surface area (Å²) in [6.07, 6.45) is -4.77. The molecule has 0 aliphatic carbocycles. The smallest absolute Gasteiger partial charge is 0.274 e. The molecule has 0 N–H and O–H groups in total. The Morgan fingerprint density at radius 3 is 2.46 bits per heavy atom. The van der Waals surface area contributed by atoms with Gasteiger partial charge < -0.3 is 0 Å². The molecule has 5 nitrogen and oxygen atoms in total. The lowest BCUT2D eigenvalue weighted by molar-refractivity contribution is -0.137. The Labute approximate surface area is 206 Å². The van der Waals surface area contributed by atoms with Gasteiger partial charge in [0.15, 0.2) is 5.16 Å². The van der Waals surface area contributed by atoms with Gasteiger partial charge in [0.05, 0.1) is 22.5 Å². The molecular weight excluding hydrogens is 499 g/mol. The van der Waals surface area contributed by atoms with Gasteiger partial charge in [-0.1, -0.05) is 59.8 Å². The molecule has 0 saturated carbocycles. The molecule has 5 rings (SSSR count). The van der Waals surface area contributed by atoms with Crippen LogP contribution in [0.2, 0.25) is 5.02 Å². The number of rotatable bonds is 4. The van der Waals surface area contributed by atoms with Crippen LogP contribution in [0.15, 0.2) is 78.0 Å². The first-order valence-corrected chi connectivity index (χ1v) is 11.7. The van der Waals surface area contributed by atoms with Gasteiger partial charge in [-0.3, -0.25) is 9.59 Å². The van der Waals surface area contributed by atoms with Crippen LogP contribution < -0.4 is 4.90 Å². The van der Waals surface area contributed by atoms with Crippen LogP contribution >= 0.6 is 23.4 Å². The number of alkyl halides is 3. The Balaban J connectivity index is 1.49. The predicted octanol–water partition coefficient (Wildman–Crippen LogP) is 6.39. The van der Waals surface area contributed by atoms with Gasteiger partial charge in [0, 0.05) is 22.4 Å². The standard InChI is InChI=1S/C25H15ClF3N3O2S/c26-16-9-10-19-18(12-16)22(14-5-2-1-3-6-14)31-24(30-19)35-20-13-21(33)32(23(20)34)17-8-4-7-15(11-17)25(27,28)29/h1-12,20H,13H2/t20-/m1/s1. The number of fused-ring (bicyclic) bond motifs is 1. The number of carbonyl (C=O) groups excluding carboxylic acids is 2. The van der Waals surface area contributed by atoms with Gasteiger partial charge in [-0.15, -0.1) is 0 Å². The summed E-state index contributed by atoms with van der Waals surface area (Å²) in [5.41, 5.74) is 1.00. The number of halogens is 4. The van der Waals surface area contributed by atoms with E-state index < -0.39 is 28.8 Å². The minimum Gasteiger partial charge on any atom is -0.274 e. The van der Waals surface area contributed by atoms with Crippen molar-refractivity contribution >= 4 is 51.8 Å². The Morgan fingerprint density at radius 1 is 0.943 bits per heavy atom. The van der Waals surface area contributed by atoms with Crippen molar-refractivity contribution in [1.29, 1.82) is 0 Å². The van der Waals surface area contributed by atoms with Crippen molar-refractivity contribution in [2.45, 2.75) is 23.0 Å². The third-order valence-corrected chi connectivity index (χ3v) is 6.75. The average molecular weight is 514 g/mol. The molecular formula is C25H15ClF3N3O2S. The zero-order valence-corrected chi connectivity index (χ0v) is 19.4. The monoisotopic (exact) mass is 513 g/mol. The number of benzene rings is 3. The van der Waals surface area contributed by atoms with Crippen LogP contribution in [-0.2, 0) is 15.8 Å². The average Bonchev–Trinajstić information content (AvgIpc) is 3.11. The van der Waals surface area contributed by atoms with E-state index in [2.05, 4.69) is 9.97 Å². The third kappa shape index (κ3) is 4.61. The highest BCUT2D eigenvalue weighted by Crippen LogP contribution is 2.37. The number of imide groups is 1. The van der Waals surface area contributed by atoms with E-state index in [0.717, 1.165) is 39.7 Å². The van der Waals surface area contributed by atoms with Crippen LogP contribution in [0.3, 0.4) is 0 Å². The van der Waals surface area contributed by atoms with Crippen LogP contribution in [0.5, 0.6) is 0 Å². The number of hydrogen-bond acceptors (Lipinski definition) is 5. The molecule has 1 fully saturated rings. The molecule has 0 radical (unpaired) electrons. The van der Waals surface area contributed by atoms with Gasteiger partial charge in [-0.2, -0.15) is 13.2 Å². The zero-order chi connectivity index (χ0) is 24.7. The first kappa shape index (κ1) is 23.3. The maximum Gasteiger partial charge on any atom is 0.416 e. The van der Waals surface area contributed by atoms with Crippen molar-refractivity contribution in [1.82, 2.24) is 9.97 Å². The SMILES string of the molecule is O=C1C[C@@H](Sc2nc(-c3ccccc3)c3cc(Cl)ccc3n2)C(=O)N1c1cccc(C(F)(F)F)c1. The summed E-state index contributed by atoms with van der Waals surface area (Å²) in [7, 11) is 0. The fourth-order valence-corrected chi connectivity index (χ4v) is 5.02. The minimum absolute atomic E-state index is 0.114. The largest absolute Gasteiger partial charge is 0.416 e. The van der Waals surface area contributed by atoms with Gasteiger partial charge in [0.25, 0.3) is 0 Å². The molecule has 0 spiro atoms. The summed E-state index contributed by atoms with van der Waals surface area (Å²) >= 11 is 7.19. The van der Waals surface area contributed by atoms with Crippen LogP contribution in [0.1, 0.15) is 12.0 Å². The fraction of sp³-hybridized carbons (Fsp3) is 0.120. The first-order valence-electron chi connectivity index (χ1n) is 10.4. The molecule has 2 amide bonds. The van der Waals surface area contributed by atoms with E-state index in [0.29, 0.717) is 16.2 Å². The summed E-state index contributed by atoms with van der Waals surface area (Å²) in [5, 5.41) is 0.653. The molecule has 1 aromatic heterocycles. The maximum atomic E-state index is 13.1. The second-order valence-corrected chi connectivity index (χ2v) is 9.41. The molecule has 2 heterocycles. The summed E-state index contributed by atoms with van der Waals surface area (Å²) < 4.78 is 39.4. The van der Waals surface area contributed by atoms with Gasteiger partial charge in [0.1, 0.15) is 5.25 Å². The third-order valence-electron chi connectivity index (χ3n) is 5.47. The molecule has 1 saturated heterocycles. The summed E-state index contributed by atoms with van der Waals surface area (Å²) in [6.45, 7) is 0. The normalized spacial score (nSPS) is 16.3. The minimum atomic E-state index is -4.59. The summed E-state index contributed by atoms with van der Waals surface area (Å²) in [6, 6.07) is 18.7. The molecule has 4 aromatic rings. The molecule has 10 heteroatoms. The molecule has 0 unspecified atom stereocenters. The summed E-state index contributed by atoms with van der Waals surface area (Å²) in [4.78, 5) is 35.7. The molecule has 35 heavy (non-hydrogen) atoms. The number of carbonyl (C=O) groups is 2. The second-order valence-electron chi connectivity index (χ2n) is 7.81. The van der Waals surface area contributed by atoms with Crippen LogP contribution in [0.25, 0.3) is 22.2 Å². The van der Waals surface area contributed by atoms with Gasteiger partial charge >= 0.3 is 6.18 Å². The van der Waals surface area contributed by atoms with Gasteiger partial charge in [-0.05, 0) is 36.4 Å². The van der Waals surface area contributed by atoms with Crippen molar-refractivity contribution in [3.63, 3.8) is 0 Å². The predicted molar refractivity (Wildman–Crippen MR) is 128 cm³/mol. The van der Waals surface area contributed by atoms with Crippen molar-refractivity contribution in [2.75, 3.05) is 4.90 Å². The van der Waals surface area contributed by atoms with Crippen molar-refractivity contribution in [3.8, 4) is 11.3 Å². The van der Waals surface area contributed by atoms with Crippen molar-refractivity contribution in [3.05, 3.63) is 83.4 Å². The lowest BCUT2D eigenvalue weighted by Gasteiger charge is -2.17. The van der Waals surface area contributed by atoms with E-state index in [9.17, 15) is 22.8 Å². The number of hydrogen-bond donors (Lipinski definition) is 0. The highest BCUT2D eigenvalue weighted by atomic mass is 35.5. The van der Waals surface area contributed by atoms with Gasteiger partial charge in [0.2, 0.25) is 11.8 Å². The molecule has 1 aliphatic rings. The lowest BCUT2D eigenvalue weighted by Crippen LogP contribution is -2.31. The van der Waals surface area contributed by atoms with Gasteiger partial charge in [-0.25, -0.2) is 14.9 Å². The molecule has 176 valence electrons. The molecule has 0 bridgehead atoms. The van der Waals surface area contributed by atoms with E-state index in [1.807, 2.05) is 30.3 Å². The molecule has 3 aromatic carbocycles. The van der Waals surface area contributed by atoms with E-state index >= 15 is 0 Å². The number of aromatic nitrogens is 2. The van der Waals surface area contributed by atoms with Crippen molar-refractivity contribution < 1.29 is 22.8 Å².